The van der Waals surface area contributed by atoms with Gasteiger partial charge in [-0.3, -0.25) is 9.89 Å². The van der Waals surface area contributed by atoms with Crippen molar-refractivity contribution in [3.05, 3.63) is 29.3 Å². The highest BCUT2D eigenvalue weighted by molar-refractivity contribution is 6.02. The van der Waals surface area contributed by atoms with E-state index in [9.17, 15) is 4.79 Å². The molecule has 2 aromatic heterocycles. The summed E-state index contributed by atoms with van der Waals surface area (Å²) in [6, 6.07) is 3.33. The smallest absolute Gasteiger partial charge is 0.279 e. The van der Waals surface area contributed by atoms with Crippen molar-refractivity contribution in [1.82, 2.24) is 15.4 Å². The molecule has 2 heterocycles. The van der Waals surface area contributed by atoms with Crippen LogP contribution in [0.1, 0.15) is 41.7 Å². The van der Waals surface area contributed by atoms with E-state index in [0.717, 1.165) is 5.69 Å². The van der Waals surface area contributed by atoms with E-state index in [4.69, 9.17) is 9.26 Å². The van der Waals surface area contributed by atoms with Gasteiger partial charge in [0.1, 0.15) is 6.61 Å². The Labute approximate surface area is 110 Å². The van der Waals surface area contributed by atoms with Crippen molar-refractivity contribution < 1.29 is 14.1 Å². The number of aromatic amines is 1. The molecule has 2 aromatic rings. The van der Waals surface area contributed by atoms with Crippen LogP contribution in [0.2, 0.25) is 0 Å². The third kappa shape index (κ3) is 3.19. The van der Waals surface area contributed by atoms with E-state index >= 15 is 0 Å². The van der Waals surface area contributed by atoms with Crippen LogP contribution in [0, 0.1) is 0 Å². The van der Waals surface area contributed by atoms with E-state index < -0.39 is 0 Å². The third-order valence-corrected chi connectivity index (χ3v) is 2.54. The minimum absolute atomic E-state index is 0.196. The van der Waals surface area contributed by atoms with Crippen LogP contribution in [0.25, 0.3) is 0 Å². The highest BCUT2D eigenvalue weighted by Crippen LogP contribution is 2.15. The summed E-state index contributed by atoms with van der Waals surface area (Å²) in [4.78, 5) is 11.9. The first-order valence-electron chi connectivity index (χ1n) is 5.91. The lowest BCUT2D eigenvalue weighted by Crippen LogP contribution is -2.12. The first-order valence-corrected chi connectivity index (χ1v) is 5.91. The standard InChI is InChI=1S/C12H16N4O3/c1-7(2)9-5-11(15-14-9)13-12(17)10-4-8(6-18-3)19-16-10/h4-5,7H,6H2,1-3H3,(H2,13,14,15,17). The van der Waals surface area contributed by atoms with Gasteiger partial charge in [-0.25, -0.2) is 0 Å². The molecule has 0 unspecified atom stereocenters. The molecule has 0 bridgehead atoms. The molecule has 0 aliphatic heterocycles. The zero-order chi connectivity index (χ0) is 13.8. The molecule has 19 heavy (non-hydrogen) atoms. The Hall–Kier alpha value is -2.15. The van der Waals surface area contributed by atoms with E-state index in [1.54, 1.807) is 13.2 Å². The Bertz CT molecular complexity index is 559. The Morgan fingerprint density at radius 2 is 2.32 bits per heavy atom. The normalized spacial score (nSPS) is 10.9. The largest absolute Gasteiger partial charge is 0.377 e. The molecule has 0 radical (unpaired) electrons. The van der Waals surface area contributed by atoms with Gasteiger partial charge in [-0.2, -0.15) is 5.10 Å². The second-order valence-corrected chi connectivity index (χ2v) is 4.43. The average molecular weight is 264 g/mol. The monoisotopic (exact) mass is 264 g/mol. The first-order chi connectivity index (χ1) is 9.10. The zero-order valence-corrected chi connectivity index (χ0v) is 11.1. The summed E-state index contributed by atoms with van der Waals surface area (Å²) in [5, 5.41) is 13.2. The number of nitrogens with one attached hydrogen (secondary N) is 2. The third-order valence-electron chi connectivity index (χ3n) is 2.54. The van der Waals surface area contributed by atoms with Crippen LogP contribution in [-0.4, -0.2) is 28.4 Å². The fraction of sp³-hybridized carbons (Fsp3) is 0.417. The molecule has 0 saturated heterocycles. The van der Waals surface area contributed by atoms with Gasteiger partial charge in [0.2, 0.25) is 0 Å². The Morgan fingerprint density at radius 3 is 2.95 bits per heavy atom. The van der Waals surface area contributed by atoms with Gasteiger partial charge in [0, 0.05) is 24.9 Å². The molecule has 2 rings (SSSR count). The zero-order valence-electron chi connectivity index (χ0n) is 11.1. The number of carbonyl (C=O) groups excluding carboxylic acids is 1. The Morgan fingerprint density at radius 1 is 1.53 bits per heavy atom. The van der Waals surface area contributed by atoms with Crippen molar-refractivity contribution >= 4 is 11.7 Å². The van der Waals surface area contributed by atoms with Crippen molar-refractivity contribution in [3.8, 4) is 0 Å². The highest BCUT2D eigenvalue weighted by atomic mass is 16.5. The second-order valence-electron chi connectivity index (χ2n) is 4.43. The highest BCUT2D eigenvalue weighted by Gasteiger charge is 2.14. The average Bonchev–Trinajstić information content (AvgIpc) is 2.98. The van der Waals surface area contributed by atoms with Crippen LogP contribution in [0.3, 0.4) is 0 Å². The SMILES string of the molecule is COCc1cc(C(=O)Nc2cc(C(C)C)[nH]n2)no1. The molecular formula is C12H16N4O3. The minimum atomic E-state index is -0.368. The summed E-state index contributed by atoms with van der Waals surface area (Å²) in [5.41, 5.74) is 1.15. The Balaban J connectivity index is 2.02. The number of anilines is 1. The van der Waals surface area contributed by atoms with Gasteiger partial charge in [0.05, 0.1) is 0 Å². The van der Waals surface area contributed by atoms with E-state index in [0.29, 0.717) is 17.5 Å². The van der Waals surface area contributed by atoms with Gasteiger partial charge in [-0.15, -0.1) is 0 Å². The molecule has 0 aliphatic carbocycles. The molecule has 1 amide bonds. The van der Waals surface area contributed by atoms with Gasteiger partial charge in [-0.05, 0) is 5.92 Å². The van der Waals surface area contributed by atoms with Gasteiger partial charge < -0.3 is 14.6 Å². The number of nitrogens with zero attached hydrogens (tertiary/aromatic N) is 2. The summed E-state index contributed by atoms with van der Waals surface area (Å²) in [7, 11) is 1.54. The summed E-state index contributed by atoms with van der Waals surface area (Å²) in [6.07, 6.45) is 0. The summed E-state index contributed by atoms with van der Waals surface area (Å²) in [6.45, 7) is 4.35. The number of aromatic nitrogens is 3. The number of ether oxygens (including phenoxy) is 1. The quantitative estimate of drug-likeness (QED) is 0.860. The maximum Gasteiger partial charge on any atom is 0.279 e. The van der Waals surface area contributed by atoms with Crippen LogP contribution >= 0.6 is 0 Å². The van der Waals surface area contributed by atoms with Crippen molar-refractivity contribution in [2.45, 2.75) is 26.4 Å². The summed E-state index contributed by atoms with van der Waals surface area (Å²) < 4.78 is 9.83. The molecule has 0 atom stereocenters. The van der Waals surface area contributed by atoms with Gasteiger partial charge in [-0.1, -0.05) is 19.0 Å². The topological polar surface area (TPSA) is 93.0 Å². The lowest BCUT2D eigenvalue weighted by atomic mass is 10.1. The molecule has 0 aliphatic rings. The molecule has 0 spiro atoms. The lowest BCUT2D eigenvalue weighted by Gasteiger charge is -1.97. The number of amides is 1. The fourth-order valence-electron chi connectivity index (χ4n) is 1.51. The van der Waals surface area contributed by atoms with Gasteiger partial charge in [0.15, 0.2) is 17.3 Å². The maximum absolute atomic E-state index is 11.9. The van der Waals surface area contributed by atoms with Crippen LogP contribution < -0.4 is 5.32 Å². The molecule has 7 nitrogen and oxygen atoms in total. The first kappa shape index (κ1) is 13.3. The van der Waals surface area contributed by atoms with Crippen LogP contribution in [0.15, 0.2) is 16.7 Å². The number of hydrogen-bond donors (Lipinski definition) is 2. The molecular weight excluding hydrogens is 248 g/mol. The number of carbonyl (C=O) groups is 1. The van der Waals surface area contributed by atoms with Gasteiger partial charge in [0.25, 0.3) is 5.91 Å². The van der Waals surface area contributed by atoms with Crippen LogP contribution in [0.5, 0.6) is 0 Å². The molecule has 2 N–H and O–H groups in total. The second kappa shape index (κ2) is 5.66. The molecule has 7 heteroatoms. The van der Waals surface area contributed by atoms with Crippen molar-refractivity contribution in [3.63, 3.8) is 0 Å². The number of H-pyrrole nitrogens is 1. The maximum atomic E-state index is 11.9. The van der Waals surface area contributed by atoms with Crippen LogP contribution in [-0.2, 0) is 11.3 Å². The number of hydrogen-bond acceptors (Lipinski definition) is 5. The minimum Gasteiger partial charge on any atom is -0.377 e. The van der Waals surface area contributed by atoms with Gasteiger partial charge >= 0.3 is 0 Å². The predicted octanol–water partition coefficient (Wildman–Crippen LogP) is 1.92. The van der Waals surface area contributed by atoms with E-state index in [-0.39, 0.29) is 18.2 Å². The molecule has 102 valence electrons. The van der Waals surface area contributed by atoms with Crippen molar-refractivity contribution in [2.24, 2.45) is 0 Å². The van der Waals surface area contributed by atoms with Crippen LogP contribution in [0.4, 0.5) is 5.82 Å². The molecule has 0 saturated carbocycles. The molecule has 0 aromatic carbocycles. The lowest BCUT2D eigenvalue weighted by molar-refractivity contribution is 0.101. The number of methoxy groups -OCH3 is 1. The predicted molar refractivity (Wildman–Crippen MR) is 67.8 cm³/mol. The summed E-state index contributed by atoms with van der Waals surface area (Å²) in [5.74, 6) is 0.911. The number of rotatable bonds is 5. The summed E-state index contributed by atoms with van der Waals surface area (Å²) >= 11 is 0. The van der Waals surface area contributed by atoms with E-state index in [1.165, 1.54) is 6.07 Å². The van der Waals surface area contributed by atoms with Crippen molar-refractivity contribution in [2.75, 3.05) is 12.4 Å². The van der Waals surface area contributed by atoms with E-state index in [2.05, 4.69) is 20.7 Å². The van der Waals surface area contributed by atoms with Crippen molar-refractivity contribution in [1.29, 1.82) is 0 Å². The molecule has 0 fully saturated rings. The fourth-order valence-corrected chi connectivity index (χ4v) is 1.51. The van der Waals surface area contributed by atoms with E-state index in [1.807, 2.05) is 13.8 Å². The Kier molecular flexibility index (Phi) is 3.96.